The number of carbonyl (C=O) groups excluding carboxylic acids is 2. The van der Waals surface area contributed by atoms with Crippen LogP contribution < -0.4 is 0 Å². The Balaban J connectivity index is 1.27. The van der Waals surface area contributed by atoms with Gasteiger partial charge in [0.15, 0.2) is 0 Å². The molecule has 0 saturated carbocycles. The molecule has 200 valence electrons. The number of ether oxygens (including phenoxy) is 1. The van der Waals surface area contributed by atoms with Crippen LogP contribution in [0.3, 0.4) is 0 Å². The summed E-state index contributed by atoms with van der Waals surface area (Å²) in [6, 6.07) is 12.7. The Morgan fingerprint density at radius 2 is 1.78 bits per heavy atom. The molecule has 0 N–H and O–H groups in total. The molecule has 0 bridgehead atoms. The lowest BCUT2D eigenvalue weighted by molar-refractivity contribution is -0.134. The molecule has 0 aliphatic carbocycles. The minimum Gasteiger partial charge on any atom is -0.444 e. The van der Waals surface area contributed by atoms with Crippen LogP contribution in [0.5, 0.6) is 0 Å². The summed E-state index contributed by atoms with van der Waals surface area (Å²) in [5.74, 6) is 1.73. The second-order valence-corrected chi connectivity index (χ2v) is 12.5. The topological polar surface area (TPSA) is 70.9 Å². The van der Waals surface area contributed by atoms with Crippen molar-refractivity contribution in [3.8, 4) is 11.3 Å². The van der Waals surface area contributed by atoms with E-state index < -0.39 is 11.6 Å². The van der Waals surface area contributed by atoms with Crippen molar-refractivity contribution in [2.45, 2.75) is 70.7 Å². The lowest BCUT2D eigenvalue weighted by atomic mass is 10.0. The second kappa shape index (κ2) is 10.7. The van der Waals surface area contributed by atoms with E-state index in [-0.39, 0.29) is 18.0 Å². The van der Waals surface area contributed by atoms with Gasteiger partial charge in [-0.25, -0.2) is 4.79 Å². The molecular weight excluding hydrogens is 486 g/mol. The minimum absolute atomic E-state index is 0.0627. The summed E-state index contributed by atoms with van der Waals surface area (Å²) in [6.07, 6.45) is 2.27. The fraction of sp³-hybridized carbons (Fsp3) is 0.607. The highest BCUT2D eigenvalue weighted by Gasteiger charge is 2.45. The molecule has 1 aromatic heterocycles. The molecule has 37 heavy (non-hydrogen) atoms. The van der Waals surface area contributed by atoms with Crippen LogP contribution in [0.2, 0.25) is 0 Å². The molecule has 3 fully saturated rings. The third-order valence-corrected chi connectivity index (χ3v) is 8.51. The SMILES string of the molecule is Cc1cc(-c2ccccc2)n(C2CCN([C@H]3C[C@@H](C(=O)N4CCSC4)N(C(=O)OC(C)(C)C)C3)CC2)n1. The highest BCUT2D eigenvalue weighted by molar-refractivity contribution is 7.99. The van der Waals surface area contributed by atoms with Gasteiger partial charge in [-0.15, -0.1) is 11.8 Å². The third-order valence-electron chi connectivity index (χ3n) is 7.55. The first-order valence-electron chi connectivity index (χ1n) is 13.4. The summed E-state index contributed by atoms with van der Waals surface area (Å²) in [5, 5.41) is 4.86. The van der Waals surface area contributed by atoms with Gasteiger partial charge >= 0.3 is 6.09 Å². The molecule has 3 aliphatic rings. The van der Waals surface area contributed by atoms with Gasteiger partial charge in [-0.05, 0) is 58.6 Å². The predicted octanol–water partition coefficient (Wildman–Crippen LogP) is 4.41. The summed E-state index contributed by atoms with van der Waals surface area (Å²) in [4.78, 5) is 32.6. The fourth-order valence-corrected chi connectivity index (χ4v) is 6.70. The maximum atomic E-state index is 13.4. The number of thioether (sulfide) groups is 1. The molecule has 9 heteroatoms. The number of aryl methyl sites for hydroxylation is 1. The zero-order valence-electron chi connectivity index (χ0n) is 22.4. The van der Waals surface area contributed by atoms with Crippen LogP contribution in [0.4, 0.5) is 4.79 Å². The largest absolute Gasteiger partial charge is 0.444 e. The molecule has 5 rings (SSSR count). The molecule has 2 amide bonds. The van der Waals surface area contributed by atoms with Crippen LogP contribution in [-0.2, 0) is 9.53 Å². The Morgan fingerprint density at radius 1 is 1.05 bits per heavy atom. The first-order valence-corrected chi connectivity index (χ1v) is 14.6. The second-order valence-electron chi connectivity index (χ2n) is 11.4. The standard InChI is InChI=1S/C28H39N5O3S/c1-20-16-24(21-8-6-5-7-9-21)33(29-20)22-10-12-30(13-11-22)23-17-25(26(34)31-14-15-37-19-31)32(18-23)27(35)36-28(2,3)4/h5-9,16,22-23,25H,10-15,17-19H2,1-4H3/t23-,25-/m0/s1. The molecule has 2 aromatic rings. The maximum Gasteiger partial charge on any atom is 0.411 e. The van der Waals surface area contributed by atoms with E-state index in [2.05, 4.69) is 46.8 Å². The first-order chi connectivity index (χ1) is 17.7. The fourth-order valence-electron chi connectivity index (χ4n) is 5.75. The van der Waals surface area contributed by atoms with Gasteiger partial charge in [-0.2, -0.15) is 5.10 Å². The molecule has 8 nitrogen and oxygen atoms in total. The molecule has 0 spiro atoms. The number of benzene rings is 1. The Hall–Kier alpha value is -2.52. The van der Waals surface area contributed by atoms with E-state index in [1.54, 1.807) is 16.7 Å². The van der Waals surface area contributed by atoms with Crippen LogP contribution in [0.15, 0.2) is 36.4 Å². The molecule has 0 unspecified atom stereocenters. The average molecular weight is 526 g/mol. The summed E-state index contributed by atoms with van der Waals surface area (Å²) in [6.45, 7) is 10.8. The van der Waals surface area contributed by atoms with Crippen molar-refractivity contribution in [1.29, 1.82) is 0 Å². The molecule has 4 heterocycles. The monoisotopic (exact) mass is 525 g/mol. The average Bonchev–Trinajstić information content (AvgIpc) is 3.63. The number of hydrogen-bond donors (Lipinski definition) is 0. The highest BCUT2D eigenvalue weighted by Crippen LogP contribution is 2.33. The lowest BCUT2D eigenvalue weighted by Gasteiger charge is -2.36. The van der Waals surface area contributed by atoms with Gasteiger partial charge in [-0.1, -0.05) is 30.3 Å². The van der Waals surface area contributed by atoms with Gasteiger partial charge in [0.1, 0.15) is 11.6 Å². The summed E-state index contributed by atoms with van der Waals surface area (Å²) < 4.78 is 7.92. The van der Waals surface area contributed by atoms with Gasteiger partial charge in [-0.3, -0.25) is 19.3 Å². The van der Waals surface area contributed by atoms with E-state index in [0.29, 0.717) is 24.9 Å². The summed E-state index contributed by atoms with van der Waals surface area (Å²) >= 11 is 1.77. The molecule has 1 aromatic carbocycles. The first kappa shape index (κ1) is 26.1. The number of rotatable bonds is 4. The van der Waals surface area contributed by atoms with Crippen molar-refractivity contribution in [1.82, 2.24) is 24.5 Å². The highest BCUT2D eigenvalue weighted by atomic mass is 32.2. The zero-order valence-corrected chi connectivity index (χ0v) is 23.2. The number of nitrogens with zero attached hydrogens (tertiary/aromatic N) is 5. The van der Waals surface area contributed by atoms with Gasteiger partial charge < -0.3 is 9.64 Å². The number of hydrogen-bond acceptors (Lipinski definition) is 6. The van der Waals surface area contributed by atoms with Gasteiger partial charge in [0, 0.05) is 38.0 Å². The van der Waals surface area contributed by atoms with Gasteiger partial charge in [0.25, 0.3) is 0 Å². The van der Waals surface area contributed by atoms with Crippen LogP contribution >= 0.6 is 11.8 Å². The number of likely N-dealkylation sites (tertiary alicyclic amines) is 2. The normalized spacial score (nSPS) is 23.6. The van der Waals surface area contributed by atoms with E-state index in [1.807, 2.05) is 31.7 Å². The molecule has 0 radical (unpaired) electrons. The van der Waals surface area contributed by atoms with Crippen molar-refractivity contribution in [3.05, 3.63) is 42.1 Å². The third kappa shape index (κ3) is 5.82. The zero-order chi connectivity index (χ0) is 26.2. The maximum absolute atomic E-state index is 13.4. The van der Waals surface area contributed by atoms with E-state index in [0.717, 1.165) is 43.9 Å². The predicted molar refractivity (Wildman–Crippen MR) is 146 cm³/mol. The van der Waals surface area contributed by atoms with Crippen molar-refractivity contribution in [3.63, 3.8) is 0 Å². The van der Waals surface area contributed by atoms with Crippen molar-refractivity contribution in [2.24, 2.45) is 0 Å². The Bertz CT molecular complexity index is 1100. The summed E-state index contributed by atoms with van der Waals surface area (Å²) in [5.41, 5.74) is 2.80. The molecule has 3 aliphatic heterocycles. The van der Waals surface area contributed by atoms with E-state index >= 15 is 0 Å². The van der Waals surface area contributed by atoms with Crippen LogP contribution in [0, 0.1) is 6.92 Å². The van der Waals surface area contributed by atoms with E-state index in [1.165, 1.54) is 11.3 Å². The molecular formula is C28H39N5O3S. The van der Waals surface area contributed by atoms with Crippen molar-refractivity contribution in [2.75, 3.05) is 37.8 Å². The van der Waals surface area contributed by atoms with E-state index in [9.17, 15) is 9.59 Å². The number of amides is 2. The summed E-state index contributed by atoms with van der Waals surface area (Å²) in [7, 11) is 0. The van der Waals surface area contributed by atoms with Gasteiger partial charge in [0.05, 0.1) is 23.3 Å². The van der Waals surface area contributed by atoms with Crippen molar-refractivity contribution >= 4 is 23.8 Å². The van der Waals surface area contributed by atoms with Crippen molar-refractivity contribution < 1.29 is 14.3 Å². The van der Waals surface area contributed by atoms with Crippen LogP contribution in [0.25, 0.3) is 11.3 Å². The minimum atomic E-state index is -0.594. The molecule has 3 saturated heterocycles. The van der Waals surface area contributed by atoms with Gasteiger partial charge in [0.2, 0.25) is 5.91 Å². The number of carbonyl (C=O) groups is 2. The molecule has 2 atom stereocenters. The number of piperidine rings is 1. The number of aromatic nitrogens is 2. The Morgan fingerprint density at radius 3 is 2.43 bits per heavy atom. The smallest absolute Gasteiger partial charge is 0.411 e. The van der Waals surface area contributed by atoms with Crippen LogP contribution in [0.1, 0.15) is 51.8 Å². The quantitative estimate of drug-likeness (QED) is 0.589. The Kier molecular flexibility index (Phi) is 7.54. The lowest BCUT2D eigenvalue weighted by Crippen LogP contribution is -2.48. The van der Waals surface area contributed by atoms with E-state index in [4.69, 9.17) is 9.84 Å². The Labute approximate surface area is 224 Å². The van der Waals surface area contributed by atoms with Crippen LogP contribution in [-0.4, -0.2) is 92.0 Å².